The number of halogens is 2. The van der Waals surface area contributed by atoms with E-state index in [9.17, 15) is 5.11 Å². The highest BCUT2D eigenvalue weighted by atomic mass is 35.5. The third-order valence-electron chi connectivity index (χ3n) is 4.18. The van der Waals surface area contributed by atoms with Gasteiger partial charge in [-0.15, -0.1) is 0 Å². The molecule has 0 bridgehead atoms. The normalized spacial score (nSPS) is 15.2. The molecule has 0 fully saturated rings. The van der Waals surface area contributed by atoms with Gasteiger partial charge < -0.3 is 16.6 Å². The van der Waals surface area contributed by atoms with Gasteiger partial charge in [0, 0.05) is 22.6 Å². The molecule has 0 spiro atoms. The monoisotopic (exact) mass is 352 g/mol. The number of benzene rings is 2. The van der Waals surface area contributed by atoms with Crippen molar-refractivity contribution in [1.29, 1.82) is 0 Å². The van der Waals surface area contributed by atoms with Gasteiger partial charge in [-0.3, -0.25) is 0 Å². The average Bonchev–Trinajstić information content (AvgIpc) is 2.54. The Balaban J connectivity index is 2.04. The quantitative estimate of drug-likeness (QED) is 0.716. The van der Waals surface area contributed by atoms with Crippen LogP contribution >= 0.6 is 23.2 Å². The summed E-state index contributed by atoms with van der Waals surface area (Å²) >= 11 is 12.1. The van der Waals surface area contributed by atoms with Crippen molar-refractivity contribution in [2.24, 2.45) is 11.5 Å². The molecule has 0 saturated heterocycles. The van der Waals surface area contributed by atoms with Gasteiger partial charge in [0.1, 0.15) is 0 Å². The topological polar surface area (TPSA) is 72.3 Å². The summed E-state index contributed by atoms with van der Waals surface area (Å²) in [6.07, 6.45) is 1.61. The van der Waals surface area contributed by atoms with E-state index in [2.05, 4.69) is 0 Å². The molecule has 0 aliphatic carbocycles. The zero-order chi connectivity index (χ0) is 16.9. The number of hydrogen-bond donors (Lipinski definition) is 3. The molecule has 5 N–H and O–H groups in total. The molecule has 0 radical (unpaired) electrons. The summed E-state index contributed by atoms with van der Waals surface area (Å²) in [5.74, 6) is 0. The number of rotatable bonds is 7. The van der Waals surface area contributed by atoms with Gasteiger partial charge in [0.05, 0.1) is 5.60 Å². The van der Waals surface area contributed by atoms with E-state index in [0.29, 0.717) is 29.3 Å². The van der Waals surface area contributed by atoms with Crippen LogP contribution in [0.4, 0.5) is 0 Å². The fourth-order valence-corrected chi connectivity index (χ4v) is 3.08. The highest BCUT2D eigenvalue weighted by Gasteiger charge is 2.32. The lowest BCUT2D eigenvalue weighted by Crippen LogP contribution is -2.54. The molecule has 124 valence electrons. The van der Waals surface area contributed by atoms with Crippen molar-refractivity contribution in [3.05, 3.63) is 69.7 Å². The molecule has 0 saturated carbocycles. The summed E-state index contributed by atoms with van der Waals surface area (Å²) < 4.78 is 0. The van der Waals surface area contributed by atoms with Crippen molar-refractivity contribution in [2.75, 3.05) is 6.54 Å². The third-order valence-corrected chi connectivity index (χ3v) is 4.77. The van der Waals surface area contributed by atoms with Gasteiger partial charge >= 0.3 is 0 Å². The Morgan fingerprint density at radius 1 is 1.09 bits per heavy atom. The van der Waals surface area contributed by atoms with E-state index in [1.807, 2.05) is 36.4 Å². The zero-order valence-corrected chi connectivity index (χ0v) is 14.4. The zero-order valence-electron chi connectivity index (χ0n) is 12.9. The number of hydrogen-bond acceptors (Lipinski definition) is 3. The van der Waals surface area contributed by atoms with E-state index in [4.69, 9.17) is 34.7 Å². The minimum atomic E-state index is -1.14. The second kappa shape index (κ2) is 8.13. The fourth-order valence-electron chi connectivity index (χ4n) is 2.57. The second-order valence-corrected chi connectivity index (χ2v) is 6.68. The van der Waals surface area contributed by atoms with Gasteiger partial charge in [0.15, 0.2) is 0 Å². The highest BCUT2D eigenvalue weighted by molar-refractivity contribution is 6.35. The first-order valence-corrected chi connectivity index (χ1v) is 8.36. The minimum Gasteiger partial charge on any atom is -0.387 e. The van der Waals surface area contributed by atoms with E-state index in [-0.39, 0.29) is 6.54 Å². The first-order valence-electron chi connectivity index (χ1n) is 7.60. The molecule has 0 amide bonds. The first-order chi connectivity index (χ1) is 10.9. The Morgan fingerprint density at radius 3 is 2.39 bits per heavy atom. The number of nitrogens with two attached hydrogens (primary N) is 2. The lowest BCUT2D eigenvalue weighted by atomic mass is 9.85. The van der Waals surface area contributed by atoms with E-state index < -0.39 is 11.6 Å². The lowest BCUT2D eigenvalue weighted by Gasteiger charge is -2.33. The summed E-state index contributed by atoms with van der Waals surface area (Å²) in [7, 11) is 0. The van der Waals surface area contributed by atoms with Crippen LogP contribution in [-0.2, 0) is 12.8 Å². The van der Waals surface area contributed by atoms with Crippen LogP contribution in [0.1, 0.15) is 17.5 Å². The van der Waals surface area contributed by atoms with Crippen LogP contribution in [0.2, 0.25) is 10.0 Å². The van der Waals surface area contributed by atoms with Gasteiger partial charge in [-0.25, -0.2) is 0 Å². The molecule has 0 aliphatic rings. The number of aliphatic hydroxyl groups is 1. The van der Waals surface area contributed by atoms with Crippen LogP contribution in [0.3, 0.4) is 0 Å². The molecule has 2 aromatic rings. The minimum absolute atomic E-state index is 0.103. The molecule has 2 atom stereocenters. The predicted molar refractivity (Wildman–Crippen MR) is 96.9 cm³/mol. The Bertz CT molecular complexity index is 636. The van der Waals surface area contributed by atoms with E-state index in [1.54, 1.807) is 12.1 Å². The van der Waals surface area contributed by atoms with E-state index in [0.717, 1.165) is 11.1 Å². The van der Waals surface area contributed by atoms with E-state index in [1.165, 1.54) is 0 Å². The SMILES string of the molecule is NC[C@](O)(CCc1ccc(Cl)cc1Cl)[C@@H](N)Cc1ccccc1. The van der Waals surface area contributed by atoms with Gasteiger partial charge in [-0.05, 0) is 42.5 Å². The van der Waals surface area contributed by atoms with Gasteiger partial charge in [0.25, 0.3) is 0 Å². The summed E-state index contributed by atoms with van der Waals surface area (Å²) in [6, 6.07) is 14.8. The van der Waals surface area contributed by atoms with Crippen LogP contribution in [-0.4, -0.2) is 23.3 Å². The van der Waals surface area contributed by atoms with Crippen LogP contribution in [0.15, 0.2) is 48.5 Å². The third kappa shape index (κ3) is 4.93. The maximum Gasteiger partial charge on any atom is 0.0925 e. The van der Waals surface area contributed by atoms with Gasteiger partial charge in [-0.2, -0.15) is 0 Å². The average molecular weight is 353 g/mol. The van der Waals surface area contributed by atoms with Crippen LogP contribution in [0, 0.1) is 0 Å². The van der Waals surface area contributed by atoms with Crippen molar-refractivity contribution in [2.45, 2.75) is 30.9 Å². The van der Waals surface area contributed by atoms with Crippen molar-refractivity contribution in [3.8, 4) is 0 Å². The lowest BCUT2D eigenvalue weighted by molar-refractivity contribution is 0.0147. The molecule has 0 aliphatic heterocycles. The number of aryl methyl sites for hydroxylation is 1. The second-order valence-electron chi connectivity index (χ2n) is 5.84. The van der Waals surface area contributed by atoms with Crippen LogP contribution in [0.25, 0.3) is 0 Å². The van der Waals surface area contributed by atoms with Crippen LogP contribution < -0.4 is 11.5 Å². The summed E-state index contributed by atoms with van der Waals surface area (Å²) in [6.45, 7) is 0.103. The maximum absolute atomic E-state index is 10.8. The molecule has 0 aromatic heterocycles. The molecule has 3 nitrogen and oxygen atoms in total. The Kier molecular flexibility index (Phi) is 6.45. The summed E-state index contributed by atoms with van der Waals surface area (Å²) in [4.78, 5) is 0. The largest absolute Gasteiger partial charge is 0.387 e. The Labute approximate surface area is 147 Å². The molecule has 5 heteroatoms. The molecular weight excluding hydrogens is 331 g/mol. The van der Waals surface area contributed by atoms with Crippen molar-refractivity contribution < 1.29 is 5.11 Å². The molecule has 2 aromatic carbocycles. The van der Waals surface area contributed by atoms with Crippen molar-refractivity contribution >= 4 is 23.2 Å². The fraction of sp³-hybridized carbons (Fsp3) is 0.333. The molecular formula is C18H22Cl2N2O. The Morgan fingerprint density at radius 2 is 1.78 bits per heavy atom. The molecule has 23 heavy (non-hydrogen) atoms. The van der Waals surface area contributed by atoms with Gasteiger partial charge in [0.2, 0.25) is 0 Å². The summed E-state index contributed by atoms with van der Waals surface area (Å²) in [5.41, 5.74) is 12.9. The molecule has 0 unspecified atom stereocenters. The summed E-state index contributed by atoms with van der Waals surface area (Å²) in [5, 5.41) is 12.0. The smallest absolute Gasteiger partial charge is 0.0925 e. The van der Waals surface area contributed by atoms with Crippen molar-refractivity contribution in [1.82, 2.24) is 0 Å². The van der Waals surface area contributed by atoms with Crippen molar-refractivity contribution in [3.63, 3.8) is 0 Å². The predicted octanol–water partition coefficient (Wildman–Crippen LogP) is 3.19. The van der Waals surface area contributed by atoms with Crippen LogP contribution in [0.5, 0.6) is 0 Å². The molecule has 0 heterocycles. The standard InChI is InChI=1S/C18H22Cl2N2O/c19-15-7-6-14(16(20)11-15)8-9-18(23,12-21)17(22)10-13-4-2-1-3-5-13/h1-7,11,17,23H,8-10,12,21-22H2/t17-,18+/m0/s1. The maximum atomic E-state index is 10.8. The van der Waals surface area contributed by atoms with E-state index >= 15 is 0 Å². The first kappa shape index (κ1) is 18.2. The Hall–Kier alpha value is -1.10. The molecule has 2 rings (SSSR count). The van der Waals surface area contributed by atoms with Gasteiger partial charge in [-0.1, -0.05) is 59.6 Å². The highest BCUT2D eigenvalue weighted by Crippen LogP contribution is 2.25.